The molecule has 0 amide bonds. The first-order valence-electron chi connectivity index (χ1n) is 4.92. The van der Waals surface area contributed by atoms with Crippen LogP contribution in [0.4, 0.5) is 15.8 Å². The van der Waals surface area contributed by atoms with E-state index in [1.807, 2.05) is 30.1 Å². The lowest BCUT2D eigenvalue weighted by molar-refractivity contribution is 0.628. The zero-order valence-electron chi connectivity index (χ0n) is 8.82. The van der Waals surface area contributed by atoms with Crippen molar-refractivity contribution in [2.75, 3.05) is 11.9 Å². The van der Waals surface area contributed by atoms with E-state index in [1.54, 1.807) is 12.1 Å². The summed E-state index contributed by atoms with van der Waals surface area (Å²) in [5.74, 6) is -0.208. The summed E-state index contributed by atoms with van der Waals surface area (Å²) in [7, 11) is 1.98. The Morgan fingerprint density at radius 1 is 1.00 bits per heavy atom. The maximum absolute atomic E-state index is 12.8. The van der Waals surface area contributed by atoms with Crippen LogP contribution in [0.25, 0.3) is 0 Å². The molecule has 0 saturated heterocycles. The second kappa shape index (κ2) is 4.82. The van der Waals surface area contributed by atoms with Gasteiger partial charge < -0.3 is 4.90 Å². The molecular weight excluding hydrogens is 316 g/mol. The summed E-state index contributed by atoms with van der Waals surface area (Å²) in [6.45, 7) is 0. The molecule has 3 heteroatoms. The molecule has 2 aromatic carbocycles. The lowest BCUT2D eigenvalue weighted by Gasteiger charge is -2.20. The van der Waals surface area contributed by atoms with Gasteiger partial charge in [0.25, 0.3) is 0 Å². The van der Waals surface area contributed by atoms with Crippen molar-refractivity contribution < 1.29 is 4.39 Å². The van der Waals surface area contributed by atoms with E-state index in [0.717, 1.165) is 11.4 Å². The molecule has 82 valence electrons. The van der Waals surface area contributed by atoms with Crippen molar-refractivity contribution in [2.24, 2.45) is 0 Å². The number of hydrogen-bond acceptors (Lipinski definition) is 1. The lowest BCUT2D eigenvalue weighted by Crippen LogP contribution is -2.10. The average Bonchev–Trinajstić information content (AvgIpc) is 2.30. The molecule has 0 bridgehead atoms. The average molecular weight is 327 g/mol. The predicted octanol–water partition coefficient (Wildman–Crippen LogP) is 4.20. The van der Waals surface area contributed by atoms with Crippen molar-refractivity contribution >= 4 is 34.0 Å². The van der Waals surface area contributed by atoms with E-state index in [0.29, 0.717) is 0 Å². The first-order valence-corrected chi connectivity index (χ1v) is 6.00. The second-order valence-electron chi connectivity index (χ2n) is 3.49. The SMILES string of the molecule is CN(c1ccc(F)cc1)c1ccccc1I. The van der Waals surface area contributed by atoms with Crippen molar-refractivity contribution in [1.29, 1.82) is 0 Å². The van der Waals surface area contributed by atoms with E-state index in [1.165, 1.54) is 15.7 Å². The van der Waals surface area contributed by atoms with Gasteiger partial charge in [0.1, 0.15) is 5.82 Å². The zero-order valence-corrected chi connectivity index (χ0v) is 11.0. The van der Waals surface area contributed by atoms with Crippen LogP contribution in [0.5, 0.6) is 0 Å². The molecule has 0 fully saturated rings. The van der Waals surface area contributed by atoms with Crippen molar-refractivity contribution in [2.45, 2.75) is 0 Å². The Labute approximate surface area is 108 Å². The van der Waals surface area contributed by atoms with Gasteiger partial charge in [-0.2, -0.15) is 0 Å². The van der Waals surface area contributed by atoms with E-state index in [4.69, 9.17) is 0 Å². The van der Waals surface area contributed by atoms with Gasteiger partial charge in [-0.25, -0.2) is 4.39 Å². The van der Waals surface area contributed by atoms with E-state index in [-0.39, 0.29) is 5.82 Å². The van der Waals surface area contributed by atoms with E-state index >= 15 is 0 Å². The Morgan fingerprint density at radius 2 is 1.62 bits per heavy atom. The van der Waals surface area contributed by atoms with E-state index in [9.17, 15) is 4.39 Å². The Kier molecular flexibility index (Phi) is 3.43. The minimum absolute atomic E-state index is 0.208. The van der Waals surface area contributed by atoms with Gasteiger partial charge in [-0.1, -0.05) is 12.1 Å². The fraction of sp³-hybridized carbons (Fsp3) is 0.0769. The van der Waals surface area contributed by atoms with Crippen molar-refractivity contribution in [3.63, 3.8) is 0 Å². The first kappa shape index (κ1) is 11.4. The van der Waals surface area contributed by atoms with Gasteiger partial charge in [0.05, 0.1) is 5.69 Å². The van der Waals surface area contributed by atoms with E-state index in [2.05, 4.69) is 28.7 Å². The Balaban J connectivity index is 2.35. The summed E-state index contributed by atoms with van der Waals surface area (Å²) < 4.78 is 14.0. The monoisotopic (exact) mass is 327 g/mol. The van der Waals surface area contributed by atoms with Gasteiger partial charge in [0.15, 0.2) is 0 Å². The highest BCUT2D eigenvalue weighted by Crippen LogP contribution is 2.27. The summed E-state index contributed by atoms with van der Waals surface area (Å²) in [6, 6.07) is 14.6. The highest BCUT2D eigenvalue weighted by atomic mass is 127. The zero-order chi connectivity index (χ0) is 11.5. The minimum atomic E-state index is -0.208. The van der Waals surface area contributed by atoms with Gasteiger partial charge in [0, 0.05) is 16.3 Å². The fourth-order valence-corrected chi connectivity index (χ4v) is 2.28. The molecule has 2 rings (SSSR count). The Hall–Kier alpha value is -1.10. The third kappa shape index (κ3) is 2.35. The standard InChI is InChI=1S/C13H11FIN/c1-16(11-8-6-10(14)7-9-11)13-5-3-2-4-12(13)15/h2-9H,1H3. The molecular formula is C13H11FIN. The summed E-state index contributed by atoms with van der Waals surface area (Å²) in [5.41, 5.74) is 2.10. The third-order valence-electron chi connectivity index (χ3n) is 2.43. The quantitative estimate of drug-likeness (QED) is 0.748. The Morgan fingerprint density at radius 3 is 2.25 bits per heavy atom. The van der Waals surface area contributed by atoms with Crippen LogP contribution in [0.2, 0.25) is 0 Å². The topological polar surface area (TPSA) is 3.24 Å². The van der Waals surface area contributed by atoms with Gasteiger partial charge in [-0.3, -0.25) is 0 Å². The van der Waals surface area contributed by atoms with Crippen LogP contribution in [-0.4, -0.2) is 7.05 Å². The maximum atomic E-state index is 12.8. The normalized spacial score (nSPS) is 10.2. The van der Waals surface area contributed by atoms with Gasteiger partial charge in [-0.05, 0) is 59.0 Å². The molecule has 0 saturated carbocycles. The molecule has 2 aromatic rings. The third-order valence-corrected chi connectivity index (χ3v) is 3.34. The fourth-order valence-electron chi connectivity index (χ4n) is 1.53. The van der Waals surface area contributed by atoms with Gasteiger partial charge in [-0.15, -0.1) is 0 Å². The number of para-hydroxylation sites is 1. The van der Waals surface area contributed by atoms with Crippen LogP contribution < -0.4 is 4.90 Å². The number of nitrogens with zero attached hydrogens (tertiary/aromatic N) is 1. The van der Waals surface area contributed by atoms with Crippen LogP contribution >= 0.6 is 22.6 Å². The molecule has 0 aliphatic rings. The summed E-state index contributed by atoms with van der Waals surface area (Å²) in [6.07, 6.45) is 0. The smallest absolute Gasteiger partial charge is 0.123 e. The first-order chi connectivity index (χ1) is 7.68. The number of rotatable bonds is 2. The van der Waals surface area contributed by atoms with Crippen LogP contribution in [0.15, 0.2) is 48.5 Å². The second-order valence-corrected chi connectivity index (χ2v) is 4.65. The molecule has 16 heavy (non-hydrogen) atoms. The summed E-state index contributed by atoms with van der Waals surface area (Å²) in [5, 5.41) is 0. The number of anilines is 2. The van der Waals surface area contributed by atoms with Crippen LogP contribution in [0.3, 0.4) is 0 Å². The van der Waals surface area contributed by atoms with Gasteiger partial charge in [0.2, 0.25) is 0 Å². The summed E-state index contributed by atoms with van der Waals surface area (Å²) >= 11 is 2.29. The molecule has 0 spiro atoms. The molecule has 0 unspecified atom stereocenters. The summed E-state index contributed by atoms with van der Waals surface area (Å²) in [4.78, 5) is 2.04. The number of benzene rings is 2. The molecule has 0 radical (unpaired) electrons. The largest absolute Gasteiger partial charge is 0.344 e. The Bertz CT molecular complexity index is 482. The number of hydrogen-bond donors (Lipinski definition) is 0. The molecule has 0 aromatic heterocycles. The molecule has 1 nitrogen and oxygen atoms in total. The molecule has 0 aliphatic carbocycles. The molecule has 0 N–H and O–H groups in total. The predicted molar refractivity (Wildman–Crippen MR) is 73.6 cm³/mol. The molecule has 0 atom stereocenters. The molecule has 0 heterocycles. The van der Waals surface area contributed by atoms with Crippen molar-refractivity contribution in [3.8, 4) is 0 Å². The number of halogens is 2. The minimum Gasteiger partial charge on any atom is -0.344 e. The van der Waals surface area contributed by atoms with Crippen molar-refractivity contribution in [3.05, 3.63) is 57.9 Å². The van der Waals surface area contributed by atoms with Crippen LogP contribution in [-0.2, 0) is 0 Å². The van der Waals surface area contributed by atoms with E-state index < -0.39 is 0 Å². The maximum Gasteiger partial charge on any atom is 0.123 e. The molecule has 0 aliphatic heterocycles. The lowest BCUT2D eigenvalue weighted by atomic mass is 10.2. The highest BCUT2D eigenvalue weighted by Gasteiger charge is 2.06. The van der Waals surface area contributed by atoms with Gasteiger partial charge >= 0.3 is 0 Å². The van der Waals surface area contributed by atoms with Crippen molar-refractivity contribution in [1.82, 2.24) is 0 Å². The highest BCUT2D eigenvalue weighted by molar-refractivity contribution is 14.1. The van der Waals surface area contributed by atoms with Crippen LogP contribution in [0.1, 0.15) is 0 Å². The van der Waals surface area contributed by atoms with Crippen LogP contribution in [0, 0.1) is 9.39 Å².